The number of fused-ring (bicyclic) bond motifs is 1. The van der Waals surface area contributed by atoms with Gasteiger partial charge in [-0.05, 0) is 36.1 Å². The van der Waals surface area contributed by atoms with Crippen molar-refractivity contribution in [2.75, 3.05) is 12.1 Å². The fourth-order valence-electron chi connectivity index (χ4n) is 3.47. The molecule has 0 unspecified atom stereocenters. The van der Waals surface area contributed by atoms with E-state index in [0.717, 1.165) is 18.4 Å². The lowest BCUT2D eigenvalue weighted by atomic mass is 9.96. The van der Waals surface area contributed by atoms with E-state index in [0.29, 0.717) is 34.0 Å². The second-order valence-corrected chi connectivity index (χ2v) is 7.38. The lowest BCUT2D eigenvalue weighted by molar-refractivity contribution is 0.174. The molecule has 0 spiro atoms. The third-order valence-corrected chi connectivity index (χ3v) is 5.19. The highest BCUT2D eigenvalue weighted by molar-refractivity contribution is 5.84. The first-order chi connectivity index (χ1) is 15.3. The van der Waals surface area contributed by atoms with Gasteiger partial charge in [0.05, 0.1) is 0 Å². The number of nitrogens with one attached hydrogen (secondary N) is 1. The SMILES string of the molecule is N#Cc1c(NC2CC2)nc(OCc2ccccc2)c(C#N)c1-c1ccc2c(c1)OCO2. The van der Waals surface area contributed by atoms with E-state index in [1.807, 2.05) is 36.4 Å². The Kier molecular flexibility index (Phi) is 4.78. The molecule has 7 heteroatoms. The van der Waals surface area contributed by atoms with Crippen molar-refractivity contribution in [3.8, 4) is 40.6 Å². The highest BCUT2D eigenvalue weighted by atomic mass is 16.7. The summed E-state index contributed by atoms with van der Waals surface area (Å²) >= 11 is 0. The molecule has 0 saturated heterocycles. The van der Waals surface area contributed by atoms with Crippen LogP contribution in [0.25, 0.3) is 11.1 Å². The minimum absolute atomic E-state index is 0.144. The van der Waals surface area contributed by atoms with Gasteiger partial charge in [0.2, 0.25) is 12.7 Å². The van der Waals surface area contributed by atoms with Crippen molar-refractivity contribution in [1.29, 1.82) is 10.5 Å². The second kappa shape index (κ2) is 7.89. The van der Waals surface area contributed by atoms with Gasteiger partial charge in [-0.2, -0.15) is 15.5 Å². The quantitative estimate of drug-likeness (QED) is 0.644. The van der Waals surface area contributed by atoms with Gasteiger partial charge in [-0.3, -0.25) is 0 Å². The van der Waals surface area contributed by atoms with Crippen LogP contribution in [-0.2, 0) is 6.61 Å². The first-order valence-electron chi connectivity index (χ1n) is 9.98. The van der Waals surface area contributed by atoms with Crippen molar-refractivity contribution in [2.24, 2.45) is 0 Å². The highest BCUT2D eigenvalue weighted by Crippen LogP contribution is 2.42. The zero-order valence-corrected chi connectivity index (χ0v) is 16.6. The number of anilines is 1. The summed E-state index contributed by atoms with van der Waals surface area (Å²) in [5.74, 6) is 1.83. The Morgan fingerprint density at radius 2 is 1.77 bits per heavy atom. The van der Waals surface area contributed by atoms with Crippen molar-refractivity contribution in [1.82, 2.24) is 4.98 Å². The van der Waals surface area contributed by atoms with Crippen LogP contribution in [0, 0.1) is 22.7 Å². The first kappa shape index (κ1) is 18.8. The highest BCUT2D eigenvalue weighted by Gasteiger charge is 2.28. The fraction of sp³-hybridized carbons (Fsp3) is 0.208. The van der Waals surface area contributed by atoms with E-state index in [9.17, 15) is 10.5 Å². The lowest BCUT2D eigenvalue weighted by Gasteiger charge is -2.16. The van der Waals surface area contributed by atoms with E-state index in [4.69, 9.17) is 14.2 Å². The van der Waals surface area contributed by atoms with Crippen molar-refractivity contribution in [3.05, 3.63) is 65.2 Å². The molecular formula is C24H18N4O3. The second-order valence-electron chi connectivity index (χ2n) is 7.38. The number of nitriles is 2. The fourth-order valence-corrected chi connectivity index (χ4v) is 3.47. The van der Waals surface area contributed by atoms with E-state index >= 15 is 0 Å². The van der Waals surface area contributed by atoms with Gasteiger partial charge in [0, 0.05) is 11.6 Å². The summed E-state index contributed by atoms with van der Waals surface area (Å²) in [7, 11) is 0. The Hall–Kier alpha value is -4.23. The van der Waals surface area contributed by atoms with Crippen LogP contribution in [0.4, 0.5) is 5.82 Å². The number of benzene rings is 2. The average Bonchev–Trinajstić information content (AvgIpc) is 3.50. The molecule has 1 fully saturated rings. The molecule has 7 nitrogen and oxygen atoms in total. The molecule has 1 aromatic heterocycles. The zero-order valence-electron chi connectivity index (χ0n) is 16.6. The van der Waals surface area contributed by atoms with E-state index in [1.165, 1.54) is 0 Å². The molecule has 152 valence electrons. The summed E-state index contributed by atoms with van der Waals surface area (Å²) in [6.07, 6.45) is 2.04. The van der Waals surface area contributed by atoms with Crippen molar-refractivity contribution < 1.29 is 14.2 Å². The lowest BCUT2D eigenvalue weighted by Crippen LogP contribution is -2.10. The Labute approximate surface area is 179 Å². The van der Waals surface area contributed by atoms with Gasteiger partial charge in [-0.15, -0.1) is 0 Å². The standard InChI is InChI=1S/C24H18N4O3/c25-11-18-22(16-6-9-20-21(10-16)31-14-30-20)19(12-26)24(28-23(18)27-17-7-8-17)29-13-15-4-2-1-3-5-15/h1-6,9-10,17H,7-8,13-14H2,(H,27,28). The summed E-state index contributed by atoms with van der Waals surface area (Å²) in [5, 5.41) is 23.3. The summed E-state index contributed by atoms with van der Waals surface area (Å²) in [4.78, 5) is 4.53. The topological polar surface area (TPSA) is 100 Å². The molecule has 5 rings (SSSR count). The van der Waals surface area contributed by atoms with Gasteiger partial charge < -0.3 is 19.5 Å². The van der Waals surface area contributed by atoms with Crippen LogP contribution in [0.5, 0.6) is 17.4 Å². The monoisotopic (exact) mass is 410 g/mol. The maximum absolute atomic E-state index is 10.0. The van der Waals surface area contributed by atoms with Gasteiger partial charge in [0.15, 0.2) is 11.5 Å². The molecule has 2 heterocycles. The Morgan fingerprint density at radius 3 is 2.52 bits per heavy atom. The Bertz CT molecular complexity index is 1220. The van der Waals surface area contributed by atoms with E-state index in [2.05, 4.69) is 22.4 Å². The third kappa shape index (κ3) is 3.70. The summed E-state index contributed by atoms with van der Waals surface area (Å²) in [6.45, 7) is 0.406. The molecule has 1 aliphatic carbocycles. The van der Waals surface area contributed by atoms with Crippen LogP contribution in [0.3, 0.4) is 0 Å². The van der Waals surface area contributed by atoms with Crippen LogP contribution in [0.2, 0.25) is 0 Å². The maximum atomic E-state index is 10.0. The van der Waals surface area contributed by atoms with Crippen LogP contribution in [0.1, 0.15) is 29.5 Å². The number of hydrogen-bond acceptors (Lipinski definition) is 7. The molecule has 1 N–H and O–H groups in total. The molecule has 2 aromatic carbocycles. The average molecular weight is 410 g/mol. The molecular weight excluding hydrogens is 392 g/mol. The minimum atomic E-state index is 0.144. The zero-order chi connectivity index (χ0) is 21.2. The Balaban J connectivity index is 1.63. The van der Waals surface area contributed by atoms with Crippen molar-refractivity contribution in [2.45, 2.75) is 25.5 Å². The normalized spacial score (nSPS) is 13.9. The molecule has 3 aromatic rings. The molecule has 31 heavy (non-hydrogen) atoms. The molecule has 1 aliphatic heterocycles. The van der Waals surface area contributed by atoms with E-state index < -0.39 is 0 Å². The summed E-state index contributed by atoms with van der Waals surface area (Å²) < 4.78 is 16.9. The number of rotatable bonds is 6. The number of nitrogens with zero attached hydrogens (tertiary/aromatic N) is 3. The first-order valence-corrected chi connectivity index (χ1v) is 9.98. The smallest absolute Gasteiger partial charge is 0.234 e. The third-order valence-electron chi connectivity index (χ3n) is 5.19. The van der Waals surface area contributed by atoms with Gasteiger partial charge in [0.25, 0.3) is 0 Å². The number of ether oxygens (including phenoxy) is 3. The number of aromatic nitrogens is 1. The summed E-state index contributed by atoms with van der Waals surface area (Å²) in [5.41, 5.74) is 2.63. The predicted molar refractivity (Wildman–Crippen MR) is 113 cm³/mol. The predicted octanol–water partition coefficient (Wildman–Crippen LogP) is 4.37. The molecule has 0 radical (unpaired) electrons. The molecule has 2 aliphatic rings. The largest absolute Gasteiger partial charge is 0.472 e. The number of hydrogen-bond donors (Lipinski definition) is 1. The molecule has 0 bridgehead atoms. The van der Waals surface area contributed by atoms with Gasteiger partial charge in [-0.25, -0.2) is 0 Å². The number of pyridine rings is 1. The minimum Gasteiger partial charge on any atom is -0.472 e. The van der Waals surface area contributed by atoms with Gasteiger partial charge in [-0.1, -0.05) is 36.4 Å². The maximum Gasteiger partial charge on any atom is 0.234 e. The van der Waals surface area contributed by atoms with Crippen LogP contribution >= 0.6 is 0 Å². The molecule has 0 amide bonds. The van der Waals surface area contributed by atoms with Gasteiger partial charge in [0.1, 0.15) is 35.7 Å². The Morgan fingerprint density at radius 1 is 1.00 bits per heavy atom. The van der Waals surface area contributed by atoms with Crippen LogP contribution in [-0.4, -0.2) is 17.8 Å². The van der Waals surface area contributed by atoms with Crippen molar-refractivity contribution >= 4 is 5.82 Å². The van der Waals surface area contributed by atoms with E-state index in [1.54, 1.807) is 12.1 Å². The molecule has 1 saturated carbocycles. The van der Waals surface area contributed by atoms with Crippen LogP contribution in [0.15, 0.2) is 48.5 Å². The van der Waals surface area contributed by atoms with Crippen LogP contribution < -0.4 is 19.5 Å². The summed E-state index contributed by atoms with van der Waals surface area (Å²) in [6, 6.07) is 19.7. The van der Waals surface area contributed by atoms with Gasteiger partial charge >= 0.3 is 0 Å². The van der Waals surface area contributed by atoms with E-state index in [-0.39, 0.29) is 30.9 Å². The molecule has 0 atom stereocenters. The van der Waals surface area contributed by atoms with Crippen molar-refractivity contribution in [3.63, 3.8) is 0 Å².